The van der Waals surface area contributed by atoms with Crippen LogP contribution in [0, 0.1) is 6.92 Å². The van der Waals surface area contributed by atoms with E-state index in [9.17, 15) is 4.79 Å². The van der Waals surface area contributed by atoms with Gasteiger partial charge in [0.05, 0.1) is 19.9 Å². The molecule has 0 bridgehead atoms. The van der Waals surface area contributed by atoms with E-state index in [0.717, 1.165) is 11.3 Å². The first-order valence-corrected chi connectivity index (χ1v) is 6.15. The number of aliphatic hydroxyl groups excluding tert-OH is 1. The lowest BCUT2D eigenvalue weighted by Gasteiger charge is -2.21. The number of ether oxygens (including phenoxy) is 2. The topological polar surface area (TPSA) is 59.0 Å². The summed E-state index contributed by atoms with van der Waals surface area (Å²) in [7, 11) is 4.85. The highest BCUT2D eigenvalue weighted by molar-refractivity contribution is 5.94. The fourth-order valence-electron chi connectivity index (χ4n) is 1.86. The monoisotopic (exact) mass is 267 g/mol. The van der Waals surface area contributed by atoms with E-state index in [1.807, 2.05) is 13.0 Å². The Bertz CT molecular complexity index is 445. The average molecular weight is 267 g/mol. The lowest BCUT2D eigenvalue weighted by molar-refractivity contribution is -0.118. The van der Waals surface area contributed by atoms with Crippen molar-refractivity contribution in [2.75, 3.05) is 32.8 Å². The number of amides is 1. The van der Waals surface area contributed by atoms with Crippen LogP contribution in [-0.2, 0) is 4.79 Å². The summed E-state index contributed by atoms with van der Waals surface area (Å²) >= 11 is 0. The Kier molecular flexibility index (Phi) is 5.63. The van der Waals surface area contributed by atoms with Crippen LogP contribution in [0.5, 0.6) is 11.5 Å². The molecule has 0 radical (unpaired) electrons. The summed E-state index contributed by atoms with van der Waals surface area (Å²) in [6.07, 6.45) is 0.788. The van der Waals surface area contributed by atoms with Crippen LogP contribution in [-0.4, -0.2) is 38.9 Å². The Morgan fingerprint density at radius 1 is 1.26 bits per heavy atom. The molecule has 0 saturated heterocycles. The summed E-state index contributed by atoms with van der Waals surface area (Å²) in [5.41, 5.74) is 1.71. The maximum atomic E-state index is 12.0. The lowest BCUT2D eigenvalue weighted by atomic mass is 10.1. The third-order valence-corrected chi connectivity index (χ3v) is 2.99. The molecule has 1 aromatic carbocycles. The number of hydrogen-bond acceptors (Lipinski definition) is 4. The second kappa shape index (κ2) is 6.99. The van der Waals surface area contributed by atoms with Crippen molar-refractivity contribution in [2.45, 2.75) is 19.8 Å². The maximum Gasteiger partial charge on any atom is 0.226 e. The highest BCUT2D eigenvalue weighted by Crippen LogP contribution is 2.34. The number of aryl methyl sites for hydroxylation is 1. The molecule has 19 heavy (non-hydrogen) atoms. The first kappa shape index (κ1) is 15.3. The second-order valence-electron chi connectivity index (χ2n) is 4.27. The summed E-state index contributed by atoms with van der Waals surface area (Å²) < 4.78 is 10.5. The van der Waals surface area contributed by atoms with Crippen molar-refractivity contribution >= 4 is 11.6 Å². The van der Waals surface area contributed by atoms with Gasteiger partial charge in [0, 0.05) is 26.1 Å². The number of rotatable bonds is 6. The van der Waals surface area contributed by atoms with E-state index in [0.29, 0.717) is 24.3 Å². The van der Waals surface area contributed by atoms with Crippen LogP contribution in [0.15, 0.2) is 12.1 Å². The molecule has 1 rings (SSSR count). The van der Waals surface area contributed by atoms with Gasteiger partial charge < -0.3 is 19.5 Å². The number of carbonyl (C=O) groups excluding carboxylic acids is 1. The number of nitrogens with zero attached hydrogens (tertiary/aromatic N) is 1. The van der Waals surface area contributed by atoms with E-state index in [-0.39, 0.29) is 12.5 Å². The van der Waals surface area contributed by atoms with Crippen molar-refractivity contribution in [3.05, 3.63) is 17.7 Å². The van der Waals surface area contributed by atoms with Crippen LogP contribution in [0.4, 0.5) is 5.69 Å². The SMILES string of the molecule is COc1cc(C)c(N(C)C(=O)CCCO)cc1OC. The molecule has 0 aromatic heterocycles. The molecule has 1 amide bonds. The van der Waals surface area contributed by atoms with Gasteiger partial charge in [-0.15, -0.1) is 0 Å². The summed E-state index contributed by atoms with van der Waals surface area (Å²) in [6.45, 7) is 1.93. The van der Waals surface area contributed by atoms with E-state index in [2.05, 4.69) is 0 Å². The molecule has 0 heterocycles. The number of anilines is 1. The van der Waals surface area contributed by atoms with Gasteiger partial charge in [0.25, 0.3) is 0 Å². The highest BCUT2D eigenvalue weighted by Gasteiger charge is 2.16. The third kappa shape index (κ3) is 3.61. The van der Waals surface area contributed by atoms with Crippen LogP contribution in [0.2, 0.25) is 0 Å². The van der Waals surface area contributed by atoms with E-state index in [1.54, 1.807) is 32.2 Å². The highest BCUT2D eigenvalue weighted by atomic mass is 16.5. The quantitative estimate of drug-likeness (QED) is 0.853. The molecule has 0 atom stereocenters. The van der Waals surface area contributed by atoms with Crippen LogP contribution in [0.3, 0.4) is 0 Å². The molecule has 0 saturated carbocycles. The molecule has 5 heteroatoms. The van der Waals surface area contributed by atoms with Gasteiger partial charge in [0.1, 0.15) is 0 Å². The zero-order valence-corrected chi connectivity index (χ0v) is 11.9. The second-order valence-corrected chi connectivity index (χ2v) is 4.27. The van der Waals surface area contributed by atoms with Gasteiger partial charge in [-0.05, 0) is 25.0 Å². The van der Waals surface area contributed by atoms with Crippen LogP contribution in [0.25, 0.3) is 0 Å². The Morgan fingerprint density at radius 3 is 2.37 bits per heavy atom. The minimum atomic E-state index is -0.0376. The Morgan fingerprint density at radius 2 is 1.84 bits per heavy atom. The minimum absolute atomic E-state index is 0.0183. The average Bonchev–Trinajstić information content (AvgIpc) is 2.43. The fraction of sp³-hybridized carbons (Fsp3) is 0.500. The smallest absolute Gasteiger partial charge is 0.226 e. The van der Waals surface area contributed by atoms with E-state index in [4.69, 9.17) is 14.6 Å². The van der Waals surface area contributed by atoms with Gasteiger partial charge in [-0.2, -0.15) is 0 Å². The maximum absolute atomic E-state index is 12.0. The Labute approximate surface area is 113 Å². The molecule has 0 spiro atoms. The molecule has 106 valence electrons. The zero-order chi connectivity index (χ0) is 14.4. The van der Waals surface area contributed by atoms with Gasteiger partial charge in [-0.3, -0.25) is 4.79 Å². The van der Waals surface area contributed by atoms with Crippen molar-refractivity contribution < 1.29 is 19.4 Å². The van der Waals surface area contributed by atoms with Crippen molar-refractivity contribution in [3.63, 3.8) is 0 Å². The summed E-state index contributed by atoms with van der Waals surface area (Å²) in [6, 6.07) is 3.62. The van der Waals surface area contributed by atoms with Gasteiger partial charge in [0.15, 0.2) is 11.5 Å². The molecule has 5 nitrogen and oxygen atoms in total. The lowest BCUT2D eigenvalue weighted by Crippen LogP contribution is -2.26. The van der Waals surface area contributed by atoms with Crippen LogP contribution < -0.4 is 14.4 Å². The number of hydrogen-bond donors (Lipinski definition) is 1. The van der Waals surface area contributed by atoms with Gasteiger partial charge >= 0.3 is 0 Å². The first-order valence-electron chi connectivity index (χ1n) is 6.15. The minimum Gasteiger partial charge on any atom is -0.493 e. The van der Waals surface area contributed by atoms with Gasteiger partial charge in [-0.1, -0.05) is 0 Å². The molecule has 1 aromatic rings. The number of carbonyl (C=O) groups is 1. The van der Waals surface area contributed by atoms with E-state index < -0.39 is 0 Å². The third-order valence-electron chi connectivity index (χ3n) is 2.99. The summed E-state index contributed by atoms with van der Waals surface area (Å²) in [5.74, 6) is 1.19. The molecule has 0 aliphatic heterocycles. The van der Waals surface area contributed by atoms with Crippen molar-refractivity contribution in [1.29, 1.82) is 0 Å². The first-order chi connectivity index (χ1) is 9.04. The molecule has 0 unspecified atom stereocenters. The summed E-state index contributed by atoms with van der Waals surface area (Å²) in [5, 5.41) is 8.77. The van der Waals surface area contributed by atoms with Crippen molar-refractivity contribution in [2.24, 2.45) is 0 Å². The Hall–Kier alpha value is -1.75. The number of methoxy groups -OCH3 is 2. The van der Waals surface area contributed by atoms with Crippen molar-refractivity contribution in [1.82, 2.24) is 0 Å². The number of aliphatic hydroxyl groups is 1. The van der Waals surface area contributed by atoms with Crippen molar-refractivity contribution in [3.8, 4) is 11.5 Å². The zero-order valence-electron chi connectivity index (χ0n) is 11.9. The predicted octanol–water partition coefficient (Wildman–Crippen LogP) is 1.75. The normalized spacial score (nSPS) is 10.2. The molecule has 0 aliphatic carbocycles. The van der Waals surface area contributed by atoms with E-state index in [1.165, 1.54) is 0 Å². The fourth-order valence-corrected chi connectivity index (χ4v) is 1.86. The van der Waals surface area contributed by atoms with Gasteiger partial charge in [0.2, 0.25) is 5.91 Å². The largest absolute Gasteiger partial charge is 0.493 e. The molecular weight excluding hydrogens is 246 g/mol. The Balaban J connectivity index is 3.02. The summed E-state index contributed by atoms with van der Waals surface area (Å²) in [4.78, 5) is 13.5. The molecule has 0 fully saturated rings. The number of benzene rings is 1. The van der Waals surface area contributed by atoms with Gasteiger partial charge in [-0.25, -0.2) is 0 Å². The van der Waals surface area contributed by atoms with Crippen LogP contribution in [0.1, 0.15) is 18.4 Å². The molecular formula is C14H21NO4. The standard InChI is InChI=1S/C14H21NO4/c1-10-8-12(18-3)13(19-4)9-11(10)15(2)14(17)6-5-7-16/h8-9,16H,5-7H2,1-4H3. The molecule has 1 N–H and O–H groups in total. The predicted molar refractivity (Wildman–Crippen MR) is 74.0 cm³/mol. The van der Waals surface area contributed by atoms with Crippen LogP contribution >= 0.6 is 0 Å². The molecule has 0 aliphatic rings. The van der Waals surface area contributed by atoms with E-state index >= 15 is 0 Å².